The van der Waals surface area contributed by atoms with Gasteiger partial charge >= 0.3 is 0 Å². The molecule has 0 heterocycles. The van der Waals surface area contributed by atoms with E-state index in [-0.39, 0.29) is 4.90 Å². The molecule has 3 rings (SSSR count). The molecule has 0 aliphatic rings. The molecule has 0 amide bonds. The molecule has 0 radical (unpaired) electrons. The number of fused-ring (bicyclic) bond motifs is 1. The van der Waals surface area contributed by atoms with E-state index in [9.17, 15) is 8.42 Å². The minimum absolute atomic E-state index is 0.284. The maximum absolute atomic E-state index is 12.9. The van der Waals surface area contributed by atoms with Crippen molar-refractivity contribution in [3.05, 3.63) is 66.2 Å². The van der Waals surface area contributed by atoms with Crippen LogP contribution in [0, 0.1) is 6.92 Å². The maximum atomic E-state index is 12.9. The van der Waals surface area contributed by atoms with E-state index in [1.807, 2.05) is 68.4 Å². The highest BCUT2D eigenvalue weighted by atomic mass is 32.2. The molecule has 1 N–H and O–H groups in total. The van der Waals surface area contributed by atoms with E-state index in [2.05, 4.69) is 4.72 Å². The number of nitrogens with one attached hydrogen (secondary N) is 1. The standard InChI is InChI=1S/C19H20N2O2S/c1-14-8-4-5-11-17(14)20-24(22,23)19-13-7-9-15-16(19)10-6-12-18(15)21(2)3/h4-13,20H,1-3H3. The molecule has 0 bridgehead atoms. The summed E-state index contributed by atoms with van der Waals surface area (Å²) < 4.78 is 28.6. The molecule has 4 nitrogen and oxygen atoms in total. The summed E-state index contributed by atoms with van der Waals surface area (Å²) in [5, 5.41) is 1.62. The first-order valence-corrected chi connectivity index (χ1v) is 9.16. The number of anilines is 2. The van der Waals surface area contributed by atoms with Crippen molar-refractivity contribution < 1.29 is 8.42 Å². The van der Waals surface area contributed by atoms with Gasteiger partial charge in [-0.05, 0) is 30.7 Å². The third-order valence-electron chi connectivity index (χ3n) is 4.02. The predicted molar refractivity (Wildman–Crippen MR) is 100 cm³/mol. The third kappa shape index (κ3) is 2.95. The smallest absolute Gasteiger partial charge is 0.262 e. The second-order valence-corrected chi connectivity index (χ2v) is 7.59. The zero-order chi connectivity index (χ0) is 17.3. The Morgan fingerprint density at radius 3 is 2.21 bits per heavy atom. The lowest BCUT2D eigenvalue weighted by atomic mass is 10.1. The molecule has 3 aromatic rings. The average Bonchev–Trinajstić information content (AvgIpc) is 2.55. The Morgan fingerprint density at radius 2 is 1.50 bits per heavy atom. The largest absolute Gasteiger partial charge is 0.377 e. The lowest BCUT2D eigenvalue weighted by Crippen LogP contribution is -2.15. The first kappa shape index (κ1) is 16.3. The third-order valence-corrected chi connectivity index (χ3v) is 5.44. The Bertz CT molecular complexity index is 995. The van der Waals surface area contributed by atoms with Crippen LogP contribution in [-0.2, 0) is 10.0 Å². The van der Waals surface area contributed by atoms with Gasteiger partial charge in [-0.25, -0.2) is 8.42 Å². The lowest BCUT2D eigenvalue weighted by Gasteiger charge is -2.17. The van der Waals surface area contributed by atoms with E-state index >= 15 is 0 Å². The van der Waals surface area contributed by atoms with Crippen molar-refractivity contribution in [3.8, 4) is 0 Å². The van der Waals surface area contributed by atoms with Gasteiger partial charge in [0.25, 0.3) is 10.0 Å². The van der Waals surface area contributed by atoms with Crippen molar-refractivity contribution in [2.45, 2.75) is 11.8 Å². The van der Waals surface area contributed by atoms with E-state index in [0.717, 1.165) is 16.6 Å². The molecule has 5 heteroatoms. The fourth-order valence-corrected chi connectivity index (χ4v) is 4.13. The van der Waals surface area contributed by atoms with Gasteiger partial charge in [-0.2, -0.15) is 0 Å². The number of benzene rings is 3. The second kappa shape index (κ2) is 6.17. The summed E-state index contributed by atoms with van der Waals surface area (Å²) in [7, 11) is 0.219. The minimum atomic E-state index is -3.67. The highest BCUT2D eigenvalue weighted by Gasteiger charge is 2.19. The average molecular weight is 340 g/mol. The van der Waals surface area contributed by atoms with Crippen molar-refractivity contribution in [3.63, 3.8) is 0 Å². The molecule has 124 valence electrons. The SMILES string of the molecule is Cc1ccccc1NS(=O)(=O)c1cccc2c(N(C)C)cccc12. The zero-order valence-corrected chi connectivity index (χ0v) is 14.8. The number of hydrogen-bond acceptors (Lipinski definition) is 3. The van der Waals surface area contributed by atoms with Gasteiger partial charge in [0, 0.05) is 30.6 Å². The Balaban J connectivity index is 2.15. The summed E-state index contributed by atoms with van der Waals surface area (Å²) in [5.74, 6) is 0. The van der Waals surface area contributed by atoms with Crippen LogP contribution in [-0.4, -0.2) is 22.5 Å². The van der Waals surface area contributed by atoms with Crippen molar-refractivity contribution in [2.24, 2.45) is 0 Å². The van der Waals surface area contributed by atoms with Crippen molar-refractivity contribution >= 4 is 32.2 Å². The van der Waals surface area contributed by atoms with Gasteiger partial charge in [0.15, 0.2) is 0 Å². The summed E-state index contributed by atoms with van der Waals surface area (Å²) in [5.41, 5.74) is 2.47. The van der Waals surface area contributed by atoms with Gasteiger partial charge in [0.1, 0.15) is 0 Å². The van der Waals surface area contributed by atoms with Crippen LogP contribution in [0.1, 0.15) is 5.56 Å². The highest BCUT2D eigenvalue weighted by molar-refractivity contribution is 7.93. The predicted octanol–water partition coefficient (Wildman–Crippen LogP) is 4.02. The van der Waals surface area contributed by atoms with Crippen LogP contribution in [0.4, 0.5) is 11.4 Å². The van der Waals surface area contributed by atoms with Crippen LogP contribution in [0.2, 0.25) is 0 Å². The molecule has 0 saturated carbocycles. The summed E-state index contributed by atoms with van der Waals surface area (Å²) in [6.07, 6.45) is 0. The number of sulfonamides is 1. The van der Waals surface area contributed by atoms with Gasteiger partial charge in [0.2, 0.25) is 0 Å². The van der Waals surface area contributed by atoms with Crippen LogP contribution in [0.3, 0.4) is 0 Å². The summed E-state index contributed by atoms with van der Waals surface area (Å²) in [6, 6.07) is 18.4. The van der Waals surface area contributed by atoms with Crippen LogP contribution in [0.15, 0.2) is 65.6 Å². The van der Waals surface area contributed by atoms with Crippen LogP contribution < -0.4 is 9.62 Å². The van der Waals surface area contributed by atoms with Gasteiger partial charge in [-0.1, -0.05) is 42.5 Å². The summed E-state index contributed by atoms with van der Waals surface area (Å²) in [6.45, 7) is 1.88. The number of para-hydroxylation sites is 1. The molecular formula is C19H20N2O2S. The highest BCUT2D eigenvalue weighted by Crippen LogP contribution is 2.31. The molecule has 0 saturated heterocycles. The Hall–Kier alpha value is -2.53. The van der Waals surface area contributed by atoms with Crippen LogP contribution in [0.5, 0.6) is 0 Å². The number of rotatable bonds is 4. The van der Waals surface area contributed by atoms with Crippen molar-refractivity contribution in [1.82, 2.24) is 0 Å². The van der Waals surface area contributed by atoms with Crippen molar-refractivity contribution in [1.29, 1.82) is 0 Å². The summed E-state index contributed by atoms with van der Waals surface area (Å²) >= 11 is 0. The topological polar surface area (TPSA) is 49.4 Å². The molecule has 3 aromatic carbocycles. The Labute approximate surface area is 142 Å². The summed E-state index contributed by atoms with van der Waals surface area (Å²) in [4.78, 5) is 2.26. The van der Waals surface area contributed by atoms with Gasteiger partial charge in [-0.15, -0.1) is 0 Å². The van der Waals surface area contributed by atoms with Gasteiger partial charge in [-0.3, -0.25) is 4.72 Å². The minimum Gasteiger partial charge on any atom is -0.377 e. The van der Waals surface area contributed by atoms with Crippen LogP contribution >= 0.6 is 0 Å². The fraction of sp³-hybridized carbons (Fsp3) is 0.158. The molecule has 0 spiro atoms. The zero-order valence-electron chi connectivity index (χ0n) is 13.9. The molecule has 0 aliphatic heterocycles. The number of hydrogen-bond donors (Lipinski definition) is 1. The van der Waals surface area contributed by atoms with E-state index in [4.69, 9.17) is 0 Å². The second-order valence-electron chi connectivity index (χ2n) is 5.94. The van der Waals surface area contributed by atoms with Crippen molar-refractivity contribution in [2.75, 3.05) is 23.7 Å². The van der Waals surface area contributed by atoms with Gasteiger partial charge in [0.05, 0.1) is 10.6 Å². The van der Waals surface area contributed by atoms with E-state index < -0.39 is 10.0 Å². The number of nitrogens with zero attached hydrogens (tertiary/aromatic N) is 1. The molecule has 0 atom stereocenters. The monoisotopic (exact) mass is 340 g/mol. The Kier molecular flexibility index (Phi) is 4.20. The quantitative estimate of drug-likeness (QED) is 0.780. The van der Waals surface area contributed by atoms with E-state index in [0.29, 0.717) is 11.1 Å². The fourth-order valence-electron chi connectivity index (χ4n) is 2.78. The van der Waals surface area contributed by atoms with E-state index in [1.165, 1.54) is 0 Å². The lowest BCUT2D eigenvalue weighted by molar-refractivity contribution is 0.602. The van der Waals surface area contributed by atoms with Crippen LogP contribution in [0.25, 0.3) is 10.8 Å². The number of aryl methyl sites for hydroxylation is 1. The first-order valence-electron chi connectivity index (χ1n) is 7.67. The Morgan fingerprint density at radius 1 is 0.833 bits per heavy atom. The van der Waals surface area contributed by atoms with E-state index in [1.54, 1.807) is 18.2 Å². The molecule has 24 heavy (non-hydrogen) atoms. The molecule has 0 fully saturated rings. The molecular weight excluding hydrogens is 320 g/mol. The normalized spacial score (nSPS) is 11.5. The first-order chi connectivity index (χ1) is 11.4. The maximum Gasteiger partial charge on any atom is 0.262 e. The molecule has 0 aromatic heterocycles. The van der Waals surface area contributed by atoms with Gasteiger partial charge < -0.3 is 4.90 Å². The molecule has 0 unspecified atom stereocenters. The molecule has 0 aliphatic carbocycles.